The van der Waals surface area contributed by atoms with E-state index in [-0.39, 0.29) is 37.2 Å². The predicted octanol–water partition coefficient (Wildman–Crippen LogP) is 2.36. The molecule has 0 aliphatic rings. The standard InChI is InChI=1S/C22H24FN5O4/c1-27(11-13-32-21-4-2-3-10-24-21)22(30)16-28-15-18(14-25-28)26-20(29)9-12-31-19-7-5-17(23)6-8-19/h2-8,10,14-15H,9,11-13,16H2,1H3,(H,26,29). The van der Waals surface area contributed by atoms with Crippen LogP contribution in [0.1, 0.15) is 6.42 Å². The van der Waals surface area contributed by atoms with Gasteiger partial charge >= 0.3 is 0 Å². The summed E-state index contributed by atoms with van der Waals surface area (Å²) in [7, 11) is 1.68. The molecule has 168 valence electrons. The lowest BCUT2D eigenvalue weighted by atomic mass is 10.3. The summed E-state index contributed by atoms with van der Waals surface area (Å²) in [6.45, 7) is 0.896. The third kappa shape index (κ3) is 7.38. The van der Waals surface area contributed by atoms with E-state index in [2.05, 4.69) is 15.4 Å². The molecule has 0 spiro atoms. The van der Waals surface area contributed by atoms with Gasteiger partial charge in [0.15, 0.2) is 0 Å². The normalized spacial score (nSPS) is 10.4. The molecule has 0 radical (unpaired) electrons. The summed E-state index contributed by atoms with van der Waals surface area (Å²) in [5, 5.41) is 6.80. The van der Waals surface area contributed by atoms with Crippen LogP contribution in [0.2, 0.25) is 0 Å². The summed E-state index contributed by atoms with van der Waals surface area (Å²) < 4.78 is 25.2. The smallest absolute Gasteiger partial charge is 0.244 e. The fourth-order valence-electron chi connectivity index (χ4n) is 2.63. The first-order chi connectivity index (χ1) is 15.5. The van der Waals surface area contributed by atoms with Crippen molar-refractivity contribution < 1.29 is 23.5 Å². The Morgan fingerprint density at radius 1 is 1.12 bits per heavy atom. The number of nitrogens with zero attached hydrogens (tertiary/aromatic N) is 4. The highest BCUT2D eigenvalue weighted by atomic mass is 19.1. The minimum atomic E-state index is -0.352. The van der Waals surface area contributed by atoms with E-state index in [1.807, 2.05) is 6.07 Å². The molecule has 2 amide bonds. The number of nitrogens with one attached hydrogen (secondary N) is 1. The Bertz CT molecular complexity index is 1010. The third-order valence-corrected chi connectivity index (χ3v) is 4.37. The fourth-order valence-corrected chi connectivity index (χ4v) is 2.63. The third-order valence-electron chi connectivity index (χ3n) is 4.37. The predicted molar refractivity (Wildman–Crippen MR) is 115 cm³/mol. The van der Waals surface area contributed by atoms with E-state index in [0.29, 0.717) is 30.5 Å². The molecular weight excluding hydrogens is 417 g/mol. The maximum absolute atomic E-state index is 12.9. The van der Waals surface area contributed by atoms with E-state index in [0.717, 1.165) is 0 Å². The van der Waals surface area contributed by atoms with Crippen molar-refractivity contribution in [2.45, 2.75) is 13.0 Å². The minimum absolute atomic E-state index is 0.0314. The zero-order chi connectivity index (χ0) is 22.8. The molecule has 0 aliphatic carbocycles. The Morgan fingerprint density at radius 2 is 1.94 bits per heavy atom. The van der Waals surface area contributed by atoms with Crippen LogP contribution in [-0.2, 0) is 16.1 Å². The first-order valence-corrected chi connectivity index (χ1v) is 9.98. The average molecular weight is 441 g/mol. The fraction of sp³-hybridized carbons (Fsp3) is 0.273. The Morgan fingerprint density at radius 3 is 2.69 bits per heavy atom. The summed E-state index contributed by atoms with van der Waals surface area (Å²) in [4.78, 5) is 30.0. The number of amides is 2. The van der Waals surface area contributed by atoms with Crippen LogP contribution in [0.3, 0.4) is 0 Å². The number of ether oxygens (including phenoxy) is 2. The Balaban J connectivity index is 1.36. The Kier molecular flexibility index (Phi) is 8.13. The molecule has 3 aromatic rings. The SMILES string of the molecule is CN(CCOc1ccccn1)C(=O)Cn1cc(NC(=O)CCOc2ccc(F)cc2)cn1. The van der Waals surface area contributed by atoms with Crippen LogP contribution in [0.4, 0.5) is 10.1 Å². The maximum Gasteiger partial charge on any atom is 0.244 e. The van der Waals surface area contributed by atoms with E-state index < -0.39 is 0 Å². The lowest BCUT2D eigenvalue weighted by Crippen LogP contribution is -2.33. The number of benzene rings is 1. The van der Waals surface area contributed by atoms with Crippen molar-refractivity contribution in [2.24, 2.45) is 0 Å². The van der Waals surface area contributed by atoms with Gasteiger partial charge in [-0.3, -0.25) is 14.3 Å². The molecular formula is C22H24FN5O4. The van der Waals surface area contributed by atoms with Crippen molar-refractivity contribution in [3.8, 4) is 11.6 Å². The van der Waals surface area contributed by atoms with Gasteiger partial charge in [-0.15, -0.1) is 0 Å². The van der Waals surface area contributed by atoms with Gasteiger partial charge in [-0.25, -0.2) is 9.37 Å². The van der Waals surface area contributed by atoms with Crippen LogP contribution in [-0.4, -0.2) is 58.3 Å². The molecule has 10 heteroatoms. The van der Waals surface area contributed by atoms with Gasteiger partial charge in [0.2, 0.25) is 17.7 Å². The molecule has 0 aliphatic heterocycles. The molecule has 1 N–H and O–H groups in total. The van der Waals surface area contributed by atoms with Crippen LogP contribution in [0, 0.1) is 5.82 Å². The molecule has 0 saturated carbocycles. The van der Waals surface area contributed by atoms with Gasteiger partial charge in [-0.1, -0.05) is 6.07 Å². The van der Waals surface area contributed by atoms with E-state index >= 15 is 0 Å². The van der Waals surface area contributed by atoms with Gasteiger partial charge in [0, 0.05) is 25.5 Å². The quantitative estimate of drug-likeness (QED) is 0.491. The van der Waals surface area contributed by atoms with Gasteiger partial charge < -0.3 is 19.7 Å². The molecule has 1 aromatic carbocycles. The molecule has 2 heterocycles. The summed E-state index contributed by atoms with van der Waals surface area (Å²) in [6.07, 6.45) is 4.79. The molecule has 0 bridgehead atoms. The summed E-state index contributed by atoms with van der Waals surface area (Å²) in [6, 6.07) is 10.9. The highest BCUT2D eigenvalue weighted by molar-refractivity contribution is 5.90. The monoisotopic (exact) mass is 441 g/mol. The molecule has 32 heavy (non-hydrogen) atoms. The molecule has 0 unspecified atom stereocenters. The van der Waals surface area contributed by atoms with Crippen molar-refractivity contribution in [1.29, 1.82) is 0 Å². The maximum atomic E-state index is 12.9. The lowest BCUT2D eigenvalue weighted by molar-refractivity contribution is -0.131. The number of carbonyl (C=O) groups is 2. The molecule has 2 aromatic heterocycles. The number of aromatic nitrogens is 3. The summed E-state index contributed by atoms with van der Waals surface area (Å²) in [5.41, 5.74) is 0.478. The van der Waals surface area contributed by atoms with Crippen LogP contribution in [0.25, 0.3) is 0 Å². The molecule has 3 rings (SSSR count). The molecule has 0 saturated heterocycles. The first kappa shape index (κ1) is 22.7. The number of hydrogen-bond acceptors (Lipinski definition) is 6. The highest BCUT2D eigenvalue weighted by Crippen LogP contribution is 2.12. The number of carbonyl (C=O) groups excluding carboxylic acids is 2. The van der Waals surface area contributed by atoms with Crippen molar-refractivity contribution in [3.63, 3.8) is 0 Å². The largest absolute Gasteiger partial charge is 0.493 e. The minimum Gasteiger partial charge on any atom is -0.493 e. The summed E-state index contributed by atoms with van der Waals surface area (Å²) >= 11 is 0. The van der Waals surface area contributed by atoms with Crippen LogP contribution in [0.5, 0.6) is 11.6 Å². The van der Waals surface area contributed by atoms with E-state index in [1.54, 1.807) is 31.6 Å². The second-order valence-corrected chi connectivity index (χ2v) is 6.86. The lowest BCUT2D eigenvalue weighted by Gasteiger charge is -2.17. The number of hydrogen-bond donors (Lipinski definition) is 1. The molecule has 0 atom stereocenters. The van der Waals surface area contributed by atoms with Gasteiger partial charge in [0.05, 0.1) is 31.5 Å². The van der Waals surface area contributed by atoms with Crippen LogP contribution < -0.4 is 14.8 Å². The topological polar surface area (TPSA) is 98.6 Å². The van der Waals surface area contributed by atoms with Crippen molar-refractivity contribution in [3.05, 3.63) is 66.9 Å². The van der Waals surface area contributed by atoms with E-state index in [9.17, 15) is 14.0 Å². The van der Waals surface area contributed by atoms with Crippen molar-refractivity contribution in [2.75, 3.05) is 32.1 Å². The van der Waals surface area contributed by atoms with Crippen LogP contribution >= 0.6 is 0 Å². The molecule has 0 fully saturated rings. The van der Waals surface area contributed by atoms with Gasteiger partial charge in [-0.05, 0) is 30.3 Å². The van der Waals surface area contributed by atoms with Gasteiger partial charge in [0.25, 0.3) is 0 Å². The van der Waals surface area contributed by atoms with Gasteiger partial charge in [0.1, 0.15) is 24.7 Å². The van der Waals surface area contributed by atoms with Crippen molar-refractivity contribution >= 4 is 17.5 Å². The van der Waals surface area contributed by atoms with Crippen molar-refractivity contribution in [1.82, 2.24) is 19.7 Å². The zero-order valence-corrected chi connectivity index (χ0v) is 17.6. The second-order valence-electron chi connectivity index (χ2n) is 6.86. The van der Waals surface area contributed by atoms with E-state index in [1.165, 1.54) is 40.0 Å². The summed E-state index contributed by atoms with van der Waals surface area (Å²) in [5.74, 6) is 0.226. The number of anilines is 1. The number of pyridine rings is 1. The average Bonchev–Trinajstić information content (AvgIpc) is 3.22. The second kappa shape index (κ2) is 11.4. The zero-order valence-electron chi connectivity index (χ0n) is 17.6. The Hall–Kier alpha value is -3.95. The molecule has 9 nitrogen and oxygen atoms in total. The number of rotatable bonds is 11. The van der Waals surface area contributed by atoms with Gasteiger partial charge in [-0.2, -0.15) is 5.10 Å². The highest BCUT2D eigenvalue weighted by Gasteiger charge is 2.12. The number of halogens is 1. The number of likely N-dealkylation sites (N-methyl/N-ethyl adjacent to an activating group) is 1. The first-order valence-electron chi connectivity index (χ1n) is 9.98. The van der Waals surface area contributed by atoms with E-state index in [4.69, 9.17) is 9.47 Å². The Labute approximate surface area is 184 Å². The van der Waals surface area contributed by atoms with Crippen LogP contribution in [0.15, 0.2) is 61.1 Å².